The lowest BCUT2D eigenvalue weighted by molar-refractivity contribution is 0.0972. The Labute approximate surface area is 229 Å². The fraction of sp³-hybridized carbons (Fsp3) is 0.231. The Morgan fingerprint density at radius 3 is 2.65 bits per heavy atom. The molecule has 7 nitrogen and oxygen atoms in total. The number of fused-ring (bicyclic) bond motifs is 1. The number of imidazole rings is 1. The fourth-order valence-corrected chi connectivity index (χ4v) is 7.60. The van der Waals surface area contributed by atoms with Crippen LogP contribution in [0.2, 0.25) is 8.67 Å². The van der Waals surface area contributed by atoms with Crippen LogP contribution in [0.3, 0.4) is 0 Å². The van der Waals surface area contributed by atoms with Gasteiger partial charge < -0.3 is 9.30 Å². The molecule has 1 aliphatic carbocycles. The van der Waals surface area contributed by atoms with Crippen LogP contribution in [0, 0.1) is 0 Å². The maximum Gasteiger partial charge on any atom is 0.243 e. The second kappa shape index (κ2) is 11.0. The molecule has 0 amide bonds. The molecule has 0 spiro atoms. The maximum atomic E-state index is 13.1. The van der Waals surface area contributed by atoms with Crippen LogP contribution in [0.4, 0.5) is 0 Å². The van der Waals surface area contributed by atoms with Crippen molar-refractivity contribution < 1.29 is 17.9 Å². The van der Waals surface area contributed by atoms with Gasteiger partial charge in [0, 0.05) is 36.5 Å². The van der Waals surface area contributed by atoms with Crippen molar-refractivity contribution >= 4 is 50.3 Å². The van der Waals surface area contributed by atoms with Gasteiger partial charge in [0.1, 0.15) is 21.1 Å². The number of carbonyl (C=O) groups excluding carboxylic acids is 1. The Kier molecular flexibility index (Phi) is 7.69. The minimum Gasteiger partial charge on any atom is -0.484 e. The topological polar surface area (TPSA) is 90.3 Å². The minimum absolute atomic E-state index is 0.0441. The Balaban J connectivity index is 1.51. The van der Waals surface area contributed by atoms with Crippen LogP contribution in [0.15, 0.2) is 72.1 Å². The number of aromatic nitrogens is 2. The summed E-state index contributed by atoms with van der Waals surface area (Å²) in [5.41, 5.74) is 3.00. The highest BCUT2D eigenvalue weighted by Gasteiger charge is 2.27. The summed E-state index contributed by atoms with van der Waals surface area (Å²) in [7, 11) is -3.96. The summed E-state index contributed by atoms with van der Waals surface area (Å²) in [4.78, 5) is 16.7. The molecule has 2 aromatic heterocycles. The highest BCUT2D eigenvalue weighted by molar-refractivity contribution is 7.89. The normalized spacial score (nSPS) is 14.4. The molecule has 2 aromatic carbocycles. The van der Waals surface area contributed by atoms with Crippen molar-refractivity contribution in [3.8, 4) is 5.75 Å². The first-order valence-corrected chi connectivity index (χ1v) is 14.7. The van der Waals surface area contributed by atoms with Gasteiger partial charge in [-0.3, -0.25) is 4.79 Å². The molecule has 0 radical (unpaired) electrons. The zero-order chi connectivity index (χ0) is 26.0. The van der Waals surface area contributed by atoms with Crippen LogP contribution in [-0.4, -0.2) is 23.8 Å². The lowest BCUT2D eigenvalue weighted by Gasteiger charge is -2.26. The van der Waals surface area contributed by atoms with Crippen molar-refractivity contribution in [2.75, 3.05) is 0 Å². The molecule has 1 N–H and O–H groups in total. The molecule has 1 aliphatic rings. The van der Waals surface area contributed by atoms with Gasteiger partial charge in [-0.25, -0.2) is 18.1 Å². The first-order valence-electron chi connectivity index (χ1n) is 11.6. The number of nitrogens with zero attached hydrogens (tertiary/aromatic N) is 2. The number of rotatable bonds is 9. The number of benzene rings is 2. The molecule has 0 fully saturated rings. The third kappa shape index (κ3) is 5.76. The Hall–Kier alpha value is -2.69. The van der Waals surface area contributed by atoms with Crippen LogP contribution < -0.4 is 9.46 Å². The lowest BCUT2D eigenvalue weighted by atomic mass is 9.87. The van der Waals surface area contributed by atoms with E-state index in [1.165, 1.54) is 6.07 Å². The molecular weight excluding hydrogens is 553 g/mol. The smallest absolute Gasteiger partial charge is 0.243 e. The van der Waals surface area contributed by atoms with Gasteiger partial charge in [0.15, 0.2) is 5.78 Å². The van der Waals surface area contributed by atoms with Crippen LogP contribution in [0.1, 0.15) is 46.0 Å². The number of sulfonamides is 1. The van der Waals surface area contributed by atoms with Crippen molar-refractivity contribution in [2.45, 2.75) is 43.4 Å². The number of halogens is 2. The average Bonchev–Trinajstić information content (AvgIpc) is 3.52. The minimum atomic E-state index is -3.96. The molecule has 0 saturated heterocycles. The Morgan fingerprint density at radius 2 is 1.95 bits per heavy atom. The molecule has 0 unspecified atom stereocenters. The SMILES string of the molecule is O=C1CCCc2c1ccc(O[C@H](Cn1ccnc1)c1ccccc1)c2CNS(=O)(=O)c1cc(Cl)sc1Cl. The highest BCUT2D eigenvalue weighted by Crippen LogP contribution is 2.36. The van der Waals surface area contributed by atoms with Crippen LogP contribution in [0.5, 0.6) is 5.75 Å². The van der Waals surface area contributed by atoms with Gasteiger partial charge in [-0.15, -0.1) is 11.3 Å². The number of hydrogen-bond acceptors (Lipinski definition) is 6. The van der Waals surface area contributed by atoms with Gasteiger partial charge in [-0.2, -0.15) is 0 Å². The summed E-state index contributed by atoms with van der Waals surface area (Å²) >= 11 is 13.1. The predicted octanol–water partition coefficient (Wildman–Crippen LogP) is 6.07. The zero-order valence-corrected chi connectivity index (χ0v) is 22.7. The van der Waals surface area contributed by atoms with Crippen LogP contribution in [0.25, 0.3) is 0 Å². The van der Waals surface area contributed by atoms with E-state index in [0.717, 1.165) is 22.5 Å². The van der Waals surface area contributed by atoms with E-state index < -0.39 is 10.0 Å². The quantitative estimate of drug-likeness (QED) is 0.261. The lowest BCUT2D eigenvalue weighted by Crippen LogP contribution is -2.26. The summed E-state index contributed by atoms with van der Waals surface area (Å²) in [6.45, 7) is 0.429. The van der Waals surface area contributed by atoms with Gasteiger partial charge in [0.05, 0.1) is 17.2 Å². The van der Waals surface area contributed by atoms with E-state index in [1.54, 1.807) is 24.7 Å². The maximum absolute atomic E-state index is 13.1. The largest absolute Gasteiger partial charge is 0.484 e. The molecule has 37 heavy (non-hydrogen) atoms. The second-order valence-electron chi connectivity index (χ2n) is 8.63. The molecule has 1 atom stereocenters. The second-order valence-corrected chi connectivity index (χ2v) is 12.7. The van der Waals surface area contributed by atoms with E-state index in [9.17, 15) is 13.2 Å². The molecule has 0 aliphatic heterocycles. The fourth-order valence-electron chi connectivity index (χ4n) is 4.45. The summed E-state index contributed by atoms with van der Waals surface area (Å²) in [6, 6.07) is 14.6. The average molecular weight is 577 g/mol. The summed E-state index contributed by atoms with van der Waals surface area (Å²) in [5, 5.41) is 0. The highest BCUT2D eigenvalue weighted by atomic mass is 35.5. The molecule has 0 saturated carbocycles. The monoisotopic (exact) mass is 575 g/mol. The number of nitrogens with one attached hydrogen (secondary N) is 1. The predicted molar refractivity (Wildman–Crippen MR) is 144 cm³/mol. The summed E-state index contributed by atoms with van der Waals surface area (Å²) in [5.74, 6) is 0.558. The molecule has 11 heteroatoms. The molecule has 4 aromatic rings. The van der Waals surface area contributed by atoms with E-state index >= 15 is 0 Å². The standard InChI is InChI=1S/C26H23Cl2N3O4S2/c27-25-13-24(26(28)36-25)37(33,34)30-14-20-18-7-4-8-21(32)19(18)9-10-22(20)35-23(15-31-12-11-29-16-31)17-5-2-1-3-6-17/h1-3,5-6,9-13,16,23,30H,4,7-8,14-15H2/t23-/m1/s1. The number of ether oxygens (including phenoxy) is 1. The molecule has 192 valence electrons. The molecular formula is C26H23Cl2N3O4S2. The Bertz CT molecular complexity index is 1520. The van der Waals surface area contributed by atoms with Gasteiger partial charge >= 0.3 is 0 Å². The van der Waals surface area contributed by atoms with Crippen molar-refractivity contribution in [3.63, 3.8) is 0 Å². The molecule has 0 bridgehead atoms. The van der Waals surface area contributed by atoms with E-state index in [2.05, 4.69) is 9.71 Å². The van der Waals surface area contributed by atoms with Crippen molar-refractivity contribution in [1.29, 1.82) is 0 Å². The number of carbonyl (C=O) groups is 1. The van der Waals surface area contributed by atoms with Gasteiger partial charge in [-0.1, -0.05) is 53.5 Å². The first kappa shape index (κ1) is 25.9. The number of thiophene rings is 1. The van der Waals surface area contributed by atoms with E-state index in [4.69, 9.17) is 27.9 Å². The number of hydrogen-bond donors (Lipinski definition) is 1. The van der Waals surface area contributed by atoms with Gasteiger partial charge in [0.25, 0.3) is 0 Å². The van der Waals surface area contributed by atoms with Crippen molar-refractivity contribution in [2.24, 2.45) is 0 Å². The van der Waals surface area contributed by atoms with E-state index in [-0.39, 0.29) is 32.0 Å². The third-order valence-electron chi connectivity index (χ3n) is 6.25. The van der Waals surface area contributed by atoms with Gasteiger partial charge in [-0.05, 0) is 42.2 Å². The van der Waals surface area contributed by atoms with Crippen LogP contribution in [-0.2, 0) is 29.5 Å². The van der Waals surface area contributed by atoms with Crippen LogP contribution >= 0.6 is 34.5 Å². The molecule has 5 rings (SSSR count). The summed E-state index contributed by atoms with van der Waals surface area (Å²) < 4.78 is 37.6. The summed E-state index contributed by atoms with van der Waals surface area (Å²) in [6.07, 6.45) is 6.71. The van der Waals surface area contributed by atoms with E-state index in [1.807, 2.05) is 41.1 Å². The number of ketones is 1. The molecule has 2 heterocycles. The third-order valence-corrected chi connectivity index (χ3v) is 9.40. The Morgan fingerprint density at radius 1 is 1.14 bits per heavy atom. The van der Waals surface area contributed by atoms with E-state index in [0.29, 0.717) is 42.7 Å². The van der Waals surface area contributed by atoms with Crippen molar-refractivity contribution in [1.82, 2.24) is 14.3 Å². The first-order chi connectivity index (χ1) is 17.8. The van der Waals surface area contributed by atoms with Crippen molar-refractivity contribution in [3.05, 3.63) is 98.2 Å². The number of Topliss-reactive ketones (excluding diaryl/α,β-unsaturated/α-hetero) is 1. The van der Waals surface area contributed by atoms with Gasteiger partial charge in [0.2, 0.25) is 10.0 Å². The zero-order valence-electron chi connectivity index (χ0n) is 19.6.